The molecule has 5 rings (SSSR count). The van der Waals surface area contributed by atoms with Gasteiger partial charge < -0.3 is 9.80 Å². The summed E-state index contributed by atoms with van der Waals surface area (Å²) in [6.45, 7) is 3.60. The van der Waals surface area contributed by atoms with Crippen molar-refractivity contribution < 1.29 is 0 Å². The topological polar surface area (TPSA) is 67.4 Å². The van der Waals surface area contributed by atoms with Gasteiger partial charge in [-0.05, 0) is 18.2 Å². The maximum absolute atomic E-state index is 4.78. The summed E-state index contributed by atoms with van der Waals surface area (Å²) in [6, 6.07) is 8.10. The lowest BCUT2D eigenvalue weighted by Crippen LogP contribution is -2.47. The van der Waals surface area contributed by atoms with Crippen molar-refractivity contribution in [1.29, 1.82) is 0 Å². The molecule has 4 aromatic heterocycles. The number of anilines is 2. The Morgan fingerprint density at radius 2 is 1.65 bits per heavy atom. The summed E-state index contributed by atoms with van der Waals surface area (Å²) < 4.78 is 3.79. The lowest BCUT2D eigenvalue weighted by molar-refractivity contribution is 0.641. The third-order valence-corrected chi connectivity index (χ3v) is 4.70. The van der Waals surface area contributed by atoms with Gasteiger partial charge in [0.25, 0.3) is 0 Å². The number of piperazine rings is 1. The lowest BCUT2D eigenvalue weighted by Gasteiger charge is -2.36. The van der Waals surface area contributed by atoms with Gasteiger partial charge in [-0.1, -0.05) is 6.07 Å². The molecule has 0 aliphatic carbocycles. The van der Waals surface area contributed by atoms with Crippen LogP contribution in [-0.4, -0.2) is 55.3 Å². The zero-order valence-corrected chi connectivity index (χ0v) is 14.2. The van der Waals surface area contributed by atoms with E-state index in [-0.39, 0.29) is 0 Å². The molecule has 8 nitrogen and oxygen atoms in total. The molecule has 0 N–H and O–H groups in total. The van der Waals surface area contributed by atoms with E-state index in [0.29, 0.717) is 0 Å². The summed E-state index contributed by atoms with van der Waals surface area (Å²) in [4.78, 5) is 18.1. The molecular weight excluding hydrogens is 328 g/mol. The van der Waals surface area contributed by atoms with Crippen LogP contribution in [-0.2, 0) is 0 Å². The first-order valence-electron chi connectivity index (χ1n) is 8.62. The maximum Gasteiger partial charge on any atom is 0.154 e. The number of fused-ring (bicyclic) bond motifs is 1. The van der Waals surface area contributed by atoms with E-state index in [1.807, 2.05) is 45.9 Å². The molecule has 0 atom stereocenters. The normalized spacial score (nSPS) is 14.9. The van der Waals surface area contributed by atoms with Crippen LogP contribution in [0.4, 0.5) is 11.6 Å². The third-order valence-electron chi connectivity index (χ3n) is 4.70. The lowest BCUT2D eigenvalue weighted by atomic mass is 10.3. The third kappa shape index (κ3) is 2.55. The molecule has 1 saturated heterocycles. The van der Waals surface area contributed by atoms with E-state index < -0.39 is 0 Å². The smallest absolute Gasteiger partial charge is 0.154 e. The second kappa shape index (κ2) is 6.14. The summed E-state index contributed by atoms with van der Waals surface area (Å²) in [5.74, 6) is 2.87. The number of hydrogen-bond acceptors (Lipinski definition) is 6. The molecule has 5 heterocycles. The second-order valence-corrected chi connectivity index (χ2v) is 6.21. The van der Waals surface area contributed by atoms with Gasteiger partial charge in [0.05, 0.1) is 6.20 Å². The first-order valence-corrected chi connectivity index (χ1v) is 8.62. The molecule has 0 saturated carbocycles. The van der Waals surface area contributed by atoms with Crippen molar-refractivity contribution in [2.45, 2.75) is 0 Å². The van der Waals surface area contributed by atoms with Crippen molar-refractivity contribution >= 4 is 17.2 Å². The Bertz CT molecular complexity index is 1010. The van der Waals surface area contributed by atoms with Crippen LogP contribution in [0.5, 0.6) is 0 Å². The Morgan fingerprint density at radius 1 is 0.808 bits per heavy atom. The fraction of sp³-hybridized carbons (Fsp3) is 0.222. The Labute approximate surface area is 150 Å². The number of aromatic nitrogens is 6. The summed E-state index contributed by atoms with van der Waals surface area (Å²) >= 11 is 0. The van der Waals surface area contributed by atoms with Crippen molar-refractivity contribution in [2.75, 3.05) is 36.0 Å². The molecule has 0 radical (unpaired) electrons. The van der Waals surface area contributed by atoms with E-state index in [9.17, 15) is 0 Å². The van der Waals surface area contributed by atoms with Gasteiger partial charge in [0, 0.05) is 51.0 Å². The molecular formula is C18H18N8. The Morgan fingerprint density at radius 3 is 2.50 bits per heavy atom. The largest absolute Gasteiger partial charge is 0.353 e. The molecule has 0 bridgehead atoms. The fourth-order valence-electron chi connectivity index (χ4n) is 3.36. The van der Waals surface area contributed by atoms with Crippen molar-refractivity contribution in [2.24, 2.45) is 0 Å². The molecule has 8 heteroatoms. The molecule has 1 fully saturated rings. The van der Waals surface area contributed by atoms with Crippen LogP contribution in [0.25, 0.3) is 11.3 Å². The van der Waals surface area contributed by atoms with Gasteiger partial charge in [-0.2, -0.15) is 5.10 Å². The minimum absolute atomic E-state index is 0.883. The first kappa shape index (κ1) is 14.9. The molecule has 0 unspecified atom stereocenters. The highest BCUT2D eigenvalue weighted by atomic mass is 15.3. The molecule has 0 spiro atoms. The van der Waals surface area contributed by atoms with Gasteiger partial charge in [-0.3, -0.25) is 4.57 Å². The summed E-state index contributed by atoms with van der Waals surface area (Å²) in [5.41, 5.74) is 1.04. The highest BCUT2D eigenvalue weighted by Gasteiger charge is 2.21. The summed E-state index contributed by atoms with van der Waals surface area (Å²) in [6.07, 6.45) is 10.9. The molecule has 0 aromatic carbocycles. The van der Waals surface area contributed by atoms with Crippen LogP contribution in [0.15, 0.2) is 61.6 Å². The fourth-order valence-corrected chi connectivity index (χ4v) is 3.36. The number of imidazole rings is 1. The minimum Gasteiger partial charge on any atom is -0.353 e. The Balaban J connectivity index is 1.35. The molecule has 130 valence electrons. The van der Waals surface area contributed by atoms with E-state index in [1.165, 1.54) is 0 Å². The van der Waals surface area contributed by atoms with Crippen molar-refractivity contribution in [1.82, 2.24) is 29.1 Å². The van der Waals surface area contributed by atoms with Crippen molar-refractivity contribution in [3.05, 3.63) is 61.6 Å². The first-order chi connectivity index (χ1) is 12.9. The molecule has 26 heavy (non-hydrogen) atoms. The van der Waals surface area contributed by atoms with Crippen molar-refractivity contribution in [3.63, 3.8) is 0 Å². The van der Waals surface area contributed by atoms with E-state index in [1.54, 1.807) is 18.7 Å². The Kier molecular flexibility index (Phi) is 3.52. The van der Waals surface area contributed by atoms with Crippen LogP contribution < -0.4 is 9.80 Å². The zero-order valence-electron chi connectivity index (χ0n) is 14.2. The van der Waals surface area contributed by atoms with E-state index in [2.05, 4.69) is 30.9 Å². The standard InChI is InChI=1S/C18H18N8/c1-2-16(22-17(3-1)25-8-6-19-14-25)23-10-12-24(13-11-23)18-15-4-5-21-26(15)9-7-20-18/h1-9,14H,10-13H2. The minimum atomic E-state index is 0.883. The SMILES string of the molecule is c1cc(N2CCN(c3nccn4nccc34)CC2)nc(-n2ccnc2)c1. The van der Waals surface area contributed by atoms with E-state index in [0.717, 1.165) is 49.1 Å². The monoisotopic (exact) mass is 346 g/mol. The van der Waals surface area contributed by atoms with Gasteiger partial charge in [0.1, 0.15) is 23.5 Å². The second-order valence-electron chi connectivity index (χ2n) is 6.21. The number of pyridine rings is 1. The number of nitrogens with zero attached hydrogens (tertiary/aromatic N) is 8. The number of hydrogen-bond donors (Lipinski definition) is 0. The van der Waals surface area contributed by atoms with Gasteiger partial charge in [0.15, 0.2) is 5.82 Å². The van der Waals surface area contributed by atoms with Crippen LogP contribution in [0.3, 0.4) is 0 Å². The van der Waals surface area contributed by atoms with Crippen LogP contribution in [0, 0.1) is 0 Å². The van der Waals surface area contributed by atoms with Crippen molar-refractivity contribution in [3.8, 4) is 5.82 Å². The van der Waals surface area contributed by atoms with Crippen LogP contribution in [0.2, 0.25) is 0 Å². The summed E-state index contributed by atoms with van der Waals surface area (Å²) in [7, 11) is 0. The molecule has 1 aliphatic rings. The van der Waals surface area contributed by atoms with E-state index in [4.69, 9.17) is 4.98 Å². The van der Waals surface area contributed by atoms with Gasteiger partial charge >= 0.3 is 0 Å². The molecule has 4 aromatic rings. The average Bonchev–Trinajstić information content (AvgIpc) is 3.40. The predicted octanol–water partition coefficient (Wildman–Crippen LogP) is 1.64. The highest BCUT2D eigenvalue weighted by molar-refractivity contribution is 5.68. The van der Waals surface area contributed by atoms with Gasteiger partial charge in [-0.15, -0.1) is 0 Å². The van der Waals surface area contributed by atoms with Crippen LogP contribution in [0.1, 0.15) is 0 Å². The maximum atomic E-state index is 4.78. The average molecular weight is 346 g/mol. The number of rotatable bonds is 3. The van der Waals surface area contributed by atoms with Gasteiger partial charge in [-0.25, -0.2) is 19.5 Å². The summed E-state index contributed by atoms with van der Waals surface area (Å²) in [5, 5.41) is 4.29. The molecule has 0 amide bonds. The van der Waals surface area contributed by atoms with Gasteiger partial charge in [0.2, 0.25) is 0 Å². The van der Waals surface area contributed by atoms with E-state index >= 15 is 0 Å². The highest BCUT2D eigenvalue weighted by Crippen LogP contribution is 2.22. The predicted molar refractivity (Wildman–Crippen MR) is 98.8 cm³/mol. The molecule has 1 aliphatic heterocycles. The quantitative estimate of drug-likeness (QED) is 0.562. The van der Waals surface area contributed by atoms with Crippen LogP contribution >= 0.6 is 0 Å². The Hall–Kier alpha value is -3.42. The zero-order chi connectivity index (χ0) is 17.3.